The van der Waals surface area contributed by atoms with E-state index in [4.69, 9.17) is 4.42 Å². The van der Waals surface area contributed by atoms with Crippen LogP contribution in [-0.2, 0) is 11.2 Å². The summed E-state index contributed by atoms with van der Waals surface area (Å²) in [5.74, 6) is 0.376. The summed E-state index contributed by atoms with van der Waals surface area (Å²) < 4.78 is 5.03. The van der Waals surface area contributed by atoms with Gasteiger partial charge in [-0.25, -0.2) is 0 Å². The second-order valence-electron chi connectivity index (χ2n) is 5.02. The molecule has 0 aliphatic carbocycles. The quantitative estimate of drug-likeness (QED) is 0.767. The number of amides is 1. The fourth-order valence-corrected chi connectivity index (χ4v) is 2.28. The number of carbonyl (C=O) groups excluding carboxylic acids is 1. The van der Waals surface area contributed by atoms with Gasteiger partial charge in [0.25, 0.3) is 0 Å². The molecule has 0 spiro atoms. The largest absolute Gasteiger partial charge is 0.472 e. The van der Waals surface area contributed by atoms with E-state index in [1.54, 1.807) is 12.5 Å². The van der Waals surface area contributed by atoms with Crippen molar-refractivity contribution in [2.45, 2.75) is 58.9 Å². The highest BCUT2D eigenvalue weighted by Gasteiger charge is 2.18. The van der Waals surface area contributed by atoms with Crippen LogP contribution in [0.2, 0.25) is 0 Å². The highest BCUT2D eigenvalue weighted by Crippen LogP contribution is 2.14. The van der Waals surface area contributed by atoms with Gasteiger partial charge in [-0.3, -0.25) is 4.79 Å². The van der Waals surface area contributed by atoms with Crippen LogP contribution in [0, 0.1) is 5.92 Å². The Kier molecular flexibility index (Phi) is 6.55. The predicted octanol–water partition coefficient (Wildman–Crippen LogP) is 3.54. The Balaban J connectivity index is 2.41. The summed E-state index contributed by atoms with van der Waals surface area (Å²) in [6.07, 6.45) is 8.32. The van der Waals surface area contributed by atoms with Crippen molar-refractivity contribution in [3.8, 4) is 0 Å². The van der Waals surface area contributed by atoms with E-state index in [1.807, 2.05) is 13.0 Å². The zero-order valence-corrected chi connectivity index (χ0v) is 11.7. The second kappa shape index (κ2) is 7.96. The third-order valence-electron chi connectivity index (χ3n) is 3.16. The van der Waals surface area contributed by atoms with Crippen LogP contribution in [0.15, 0.2) is 23.0 Å². The Labute approximate surface area is 110 Å². The summed E-state index contributed by atoms with van der Waals surface area (Å²) in [5, 5.41) is 3.11. The van der Waals surface area contributed by atoms with Gasteiger partial charge in [-0.1, -0.05) is 26.7 Å². The number of hydrogen-bond acceptors (Lipinski definition) is 2. The van der Waals surface area contributed by atoms with Crippen molar-refractivity contribution in [3.05, 3.63) is 24.2 Å². The van der Waals surface area contributed by atoms with Crippen LogP contribution < -0.4 is 5.32 Å². The van der Waals surface area contributed by atoms with Crippen LogP contribution in [0.4, 0.5) is 0 Å². The molecule has 1 unspecified atom stereocenters. The van der Waals surface area contributed by atoms with Crippen LogP contribution >= 0.6 is 0 Å². The highest BCUT2D eigenvalue weighted by atomic mass is 16.3. The van der Waals surface area contributed by atoms with Gasteiger partial charge in [0.05, 0.1) is 12.5 Å². The average Bonchev–Trinajstić information content (AvgIpc) is 2.81. The smallest absolute Gasteiger partial charge is 0.223 e. The lowest BCUT2D eigenvalue weighted by Gasteiger charge is -2.19. The molecular weight excluding hydrogens is 226 g/mol. The molecule has 18 heavy (non-hydrogen) atoms. The molecule has 0 bridgehead atoms. The molecule has 3 nitrogen and oxygen atoms in total. The van der Waals surface area contributed by atoms with Gasteiger partial charge < -0.3 is 9.73 Å². The minimum Gasteiger partial charge on any atom is -0.472 e. The maximum atomic E-state index is 12.1. The fourth-order valence-electron chi connectivity index (χ4n) is 2.28. The van der Waals surface area contributed by atoms with Crippen LogP contribution in [0.3, 0.4) is 0 Å². The number of nitrogens with one attached hydrogen (secondary N) is 1. The molecule has 0 aliphatic heterocycles. The van der Waals surface area contributed by atoms with Gasteiger partial charge in [-0.2, -0.15) is 0 Å². The van der Waals surface area contributed by atoms with Crippen LogP contribution in [-0.4, -0.2) is 11.9 Å². The molecule has 0 radical (unpaired) electrons. The SMILES string of the molecule is CCCC(CCC)C(=O)NC(C)Cc1ccoc1. The summed E-state index contributed by atoms with van der Waals surface area (Å²) in [4.78, 5) is 12.1. The van der Waals surface area contributed by atoms with Crippen LogP contribution in [0.1, 0.15) is 52.0 Å². The molecule has 102 valence electrons. The average molecular weight is 251 g/mol. The highest BCUT2D eigenvalue weighted by molar-refractivity contribution is 5.78. The lowest BCUT2D eigenvalue weighted by Crippen LogP contribution is -2.38. The van der Waals surface area contributed by atoms with E-state index in [0.29, 0.717) is 0 Å². The van der Waals surface area contributed by atoms with Crippen molar-refractivity contribution in [1.82, 2.24) is 5.32 Å². The van der Waals surface area contributed by atoms with E-state index in [9.17, 15) is 4.79 Å². The molecule has 1 rings (SSSR count). The van der Waals surface area contributed by atoms with Gasteiger partial charge in [0.15, 0.2) is 0 Å². The topological polar surface area (TPSA) is 42.2 Å². The van der Waals surface area contributed by atoms with Crippen LogP contribution in [0.5, 0.6) is 0 Å². The van der Waals surface area contributed by atoms with Crippen LogP contribution in [0.25, 0.3) is 0 Å². The standard InChI is InChI=1S/C15H25NO2/c1-4-6-14(7-5-2)15(17)16-12(3)10-13-8-9-18-11-13/h8-9,11-12,14H,4-7,10H2,1-3H3,(H,16,17). The van der Waals surface area contributed by atoms with Gasteiger partial charge in [0, 0.05) is 12.0 Å². The molecule has 3 heteroatoms. The zero-order valence-electron chi connectivity index (χ0n) is 11.7. The first-order valence-electron chi connectivity index (χ1n) is 6.98. The van der Waals surface area contributed by atoms with E-state index in [0.717, 1.165) is 37.7 Å². The first kappa shape index (κ1) is 14.8. The fraction of sp³-hybridized carbons (Fsp3) is 0.667. The van der Waals surface area contributed by atoms with Gasteiger partial charge in [0.2, 0.25) is 5.91 Å². The lowest BCUT2D eigenvalue weighted by atomic mass is 9.97. The number of furan rings is 1. The maximum Gasteiger partial charge on any atom is 0.223 e. The summed E-state index contributed by atoms with van der Waals surface area (Å²) >= 11 is 0. The predicted molar refractivity (Wildman–Crippen MR) is 73.3 cm³/mol. The van der Waals surface area contributed by atoms with Crippen molar-refractivity contribution in [1.29, 1.82) is 0 Å². The van der Waals surface area contributed by atoms with Crippen molar-refractivity contribution in [2.24, 2.45) is 5.92 Å². The second-order valence-corrected chi connectivity index (χ2v) is 5.02. The monoisotopic (exact) mass is 251 g/mol. The minimum atomic E-state index is 0.159. The summed E-state index contributed by atoms with van der Waals surface area (Å²) in [5.41, 5.74) is 1.13. The third-order valence-corrected chi connectivity index (χ3v) is 3.16. The van der Waals surface area contributed by atoms with Gasteiger partial charge in [-0.05, 0) is 37.8 Å². The van der Waals surface area contributed by atoms with E-state index in [2.05, 4.69) is 19.2 Å². The summed E-state index contributed by atoms with van der Waals surface area (Å²) in [7, 11) is 0. The van der Waals surface area contributed by atoms with Crippen molar-refractivity contribution >= 4 is 5.91 Å². The number of carbonyl (C=O) groups is 1. The molecule has 0 aromatic carbocycles. The molecule has 0 saturated carbocycles. The van der Waals surface area contributed by atoms with E-state index < -0.39 is 0 Å². The molecule has 1 amide bonds. The Morgan fingerprint density at radius 1 is 1.33 bits per heavy atom. The van der Waals surface area contributed by atoms with Crippen molar-refractivity contribution < 1.29 is 9.21 Å². The number of hydrogen-bond donors (Lipinski definition) is 1. The first-order chi connectivity index (χ1) is 8.67. The molecule has 0 saturated heterocycles. The maximum absolute atomic E-state index is 12.1. The molecule has 1 N–H and O–H groups in total. The molecule has 1 aromatic heterocycles. The summed E-state index contributed by atoms with van der Waals surface area (Å²) in [6, 6.07) is 2.10. The molecular formula is C15H25NO2. The van der Waals surface area contributed by atoms with Gasteiger partial charge in [-0.15, -0.1) is 0 Å². The van der Waals surface area contributed by atoms with E-state index in [1.165, 1.54) is 0 Å². The van der Waals surface area contributed by atoms with Gasteiger partial charge >= 0.3 is 0 Å². The molecule has 0 fully saturated rings. The Bertz CT molecular complexity index is 326. The third kappa shape index (κ3) is 4.94. The molecule has 1 heterocycles. The number of rotatable bonds is 8. The Morgan fingerprint density at radius 3 is 2.50 bits per heavy atom. The van der Waals surface area contributed by atoms with Crippen molar-refractivity contribution in [3.63, 3.8) is 0 Å². The zero-order chi connectivity index (χ0) is 13.4. The first-order valence-corrected chi connectivity index (χ1v) is 6.98. The van der Waals surface area contributed by atoms with Gasteiger partial charge in [0.1, 0.15) is 0 Å². The Morgan fingerprint density at radius 2 is 2.00 bits per heavy atom. The molecule has 0 aliphatic rings. The van der Waals surface area contributed by atoms with E-state index >= 15 is 0 Å². The minimum absolute atomic E-state index is 0.159. The lowest BCUT2D eigenvalue weighted by molar-refractivity contribution is -0.126. The Hall–Kier alpha value is -1.25. The normalized spacial score (nSPS) is 12.7. The molecule has 1 atom stereocenters. The molecule has 1 aromatic rings. The summed E-state index contributed by atoms with van der Waals surface area (Å²) in [6.45, 7) is 6.30. The van der Waals surface area contributed by atoms with E-state index in [-0.39, 0.29) is 17.9 Å². The van der Waals surface area contributed by atoms with Crippen molar-refractivity contribution in [2.75, 3.05) is 0 Å².